The third kappa shape index (κ3) is 2.70. The topological polar surface area (TPSA) is 174 Å². The molecule has 0 bridgehead atoms. The zero-order valence-corrected chi connectivity index (χ0v) is 14.6. The number of hydrogen-bond donors (Lipinski definition) is 6. The number of anilines is 1. The summed E-state index contributed by atoms with van der Waals surface area (Å²) in [5.74, 6) is 0.111. The summed E-state index contributed by atoms with van der Waals surface area (Å²) in [4.78, 5) is 23.2. The number of nitrogens with one attached hydrogen (secondary N) is 1. The molecule has 3 heterocycles. The van der Waals surface area contributed by atoms with Crippen LogP contribution in [0.25, 0.3) is 0 Å². The highest BCUT2D eigenvalue weighted by Crippen LogP contribution is 2.45. The van der Waals surface area contributed by atoms with Gasteiger partial charge in [-0.15, -0.1) is 0 Å². The zero-order valence-electron chi connectivity index (χ0n) is 14.6. The number of aliphatic imine (C=N–C) groups is 1. The highest BCUT2D eigenvalue weighted by atomic mass is 16.6. The molecule has 1 aromatic rings. The summed E-state index contributed by atoms with van der Waals surface area (Å²) in [5, 5.41) is 40.6. The van der Waals surface area contributed by atoms with Gasteiger partial charge >= 0.3 is 0 Å². The van der Waals surface area contributed by atoms with Crippen molar-refractivity contribution in [2.75, 3.05) is 12.3 Å². The first-order chi connectivity index (χ1) is 12.9. The van der Waals surface area contributed by atoms with Gasteiger partial charge in [0.05, 0.1) is 12.7 Å². The highest BCUT2D eigenvalue weighted by Gasteiger charge is 2.61. The lowest BCUT2D eigenvalue weighted by Gasteiger charge is -2.44. The lowest BCUT2D eigenvalue weighted by atomic mass is 9.89. The molecule has 1 aliphatic carbocycles. The zero-order chi connectivity index (χ0) is 19.3. The minimum absolute atomic E-state index is 0.0574. The van der Waals surface area contributed by atoms with E-state index in [0.29, 0.717) is 19.3 Å². The standard InChI is InChI=1S/C16H23N5O6/c17-16-19-13-10(14(26)20-16)18-6-21(13,7-2-1-3-8(23)4-7)15-12(25)11(24)9(5-22)27-15/h6-9,11-12,15,22-25H,1-5H2,(H2-,17,19,20,26)/p+1/t7-,8-,9-,11-,12-,15-,21?/m1/s1. The number of quaternary nitrogens is 1. The molecule has 0 aromatic carbocycles. The molecule has 0 amide bonds. The molecule has 148 valence electrons. The van der Waals surface area contributed by atoms with Crippen molar-refractivity contribution in [3.63, 3.8) is 0 Å². The van der Waals surface area contributed by atoms with Gasteiger partial charge in [-0.25, -0.2) is 4.48 Å². The molecule has 7 N–H and O–H groups in total. The number of nitrogens with two attached hydrogens (primary N) is 1. The van der Waals surface area contributed by atoms with Crippen LogP contribution in [0.1, 0.15) is 25.7 Å². The molecule has 4 rings (SSSR count). The van der Waals surface area contributed by atoms with Gasteiger partial charge in [0.15, 0.2) is 12.4 Å². The van der Waals surface area contributed by atoms with Crippen molar-refractivity contribution in [1.29, 1.82) is 0 Å². The summed E-state index contributed by atoms with van der Waals surface area (Å²) in [7, 11) is 0. The SMILES string of the molecule is Nc1nc2c(c(=O)[nH]1)N=C[N+]2([C@@H]1CCC[C@@H](O)C1)[C@@H]1O[C@H](CO)[C@@H](O)[C@H]1O. The van der Waals surface area contributed by atoms with E-state index in [1.165, 1.54) is 6.34 Å². The van der Waals surface area contributed by atoms with Crippen LogP contribution in [0, 0.1) is 0 Å². The number of nitrogens with zero attached hydrogens (tertiary/aromatic N) is 3. The minimum atomic E-state index is -1.35. The maximum atomic E-state index is 12.3. The number of aromatic nitrogens is 2. The summed E-state index contributed by atoms with van der Waals surface area (Å²) < 4.78 is 5.55. The fraction of sp³-hybridized carbons (Fsp3) is 0.688. The first-order valence-electron chi connectivity index (χ1n) is 9.02. The summed E-state index contributed by atoms with van der Waals surface area (Å²) in [6.45, 7) is -0.475. The Morgan fingerprint density at radius 1 is 1.30 bits per heavy atom. The van der Waals surface area contributed by atoms with Crippen LogP contribution >= 0.6 is 0 Å². The van der Waals surface area contributed by atoms with Crippen LogP contribution in [0.15, 0.2) is 9.79 Å². The number of hydrogen-bond acceptors (Lipinski definition) is 9. The van der Waals surface area contributed by atoms with Gasteiger partial charge in [0, 0.05) is 12.8 Å². The van der Waals surface area contributed by atoms with Gasteiger partial charge in [-0.05, 0) is 12.8 Å². The van der Waals surface area contributed by atoms with Gasteiger partial charge in [0.25, 0.3) is 11.4 Å². The van der Waals surface area contributed by atoms with E-state index in [1.54, 1.807) is 0 Å². The van der Waals surface area contributed by atoms with Crippen LogP contribution in [0.4, 0.5) is 17.5 Å². The van der Waals surface area contributed by atoms with E-state index in [0.717, 1.165) is 6.42 Å². The number of H-pyrrole nitrogens is 1. The van der Waals surface area contributed by atoms with E-state index >= 15 is 0 Å². The second kappa shape index (κ2) is 6.62. The van der Waals surface area contributed by atoms with Crippen molar-refractivity contribution >= 4 is 23.8 Å². The summed E-state index contributed by atoms with van der Waals surface area (Å²) in [6.07, 6.45) is -1.32. The van der Waals surface area contributed by atoms with Crippen molar-refractivity contribution in [3.05, 3.63) is 10.4 Å². The molecular weight excluding hydrogens is 358 g/mol. The van der Waals surface area contributed by atoms with Gasteiger partial charge in [-0.1, -0.05) is 0 Å². The minimum Gasteiger partial charge on any atom is -0.394 e. The number of aliphatic hydroxyl groups is 4. The van der Waals surface area contributed by atoms with Crippen molar-refractivity contribution < 1.29 is 25.2 Å². The Labute approximate surface area is 154 Å². The Morgan fingerprint density at radius 2 is 2.07 bits per heavy atom. The number of nitrogen functional groups attached to an aromatic ring is 1. The average Bonchev–Trinajstić information content (AvgIpc) is 3.15. The molecule has 7 atom stereocenters. The van der Waals surface area contributed by atoms with Crippen molar-refractivity contribution in [2.24, 2.45) is 4.99 Å². The Balaban J connectivity index is 1.87. The maximum absolute atomic E-state index is 12.3. The Bertz CT molecular complexity index is 815. The quantitative estimate of drug-likeness (QED) is 0.328. The number of aromatic amines is 1. The Hall–Kier alpha value is -1.89. The van der Waals surface area contributed by atoms with E-state index in [1.807, 2.05) is 0 Å². The van der Waals surface area contributed by atoms with Crippen LogP contribution in [-0.4, -0.2) is 80.0 Å². The molecule has 0 spiro atoms. The average molecular weight is 382 g/mol. The summed E-state index contributed by atoms with van der Waals surface area (Å²) in [5.41, 5.74) is 5.29. The third-order valence-corrected chi connectivity index (χ3v) is 5.80. The monoisotopic (exact) mass is 382 g/mol. The smallest absolute Gasteiger partial charge is 0.284 e. The molecule has 27 heavy (non-hydrogen) atoms. The van der Waals surface area contributed by atoms with Crippen LogP contribution in [0.2, 0.25) is 0 Å². The normalized spacial score (nSPS) is 41.0. The second-order valence-electron chi connectivity index (χ2n) is 7.41. The Kier molecular flexibility index (Phi) is 4.53. The first-order valence-corrected chi connectivity index (χ1v) is 9.02. The van der Waals surface area contributed by atoms with E-state index < -0.39 is 42.8 Å². The molecule has 1 saturated carbocycles. The van der Waals surface area contributed by atoms with Crippen molar-refractivity contribution in [2.45, 2.75) is 62.4 Å². The predicted molar refractivity (Wildman–Crippen MR) is 95.2 cm³/mol. The van der Waals surface area contributed by atoms with E-state index in [-0.39, 0.29) is 28.0 Å². The van der Waals surface area contributed by atoms with Crippen molar-refractivity contribution in [1.82, 2.24) is 14.5 Å². The van der Waals surface area contributed by atoms with Gasteiger partial charge in [0.2, 0.25) is 17.9 Å². The number of rotatable bonds is 3. The fourth-order valence-corrected chi connectivity index (χ4v) is 4.49. The number of ether oxygens (including phenoxy) is 1. The molecule has 2 aliphatic heterocycles. The van der Waals surface area contributed by atoms with Gasteiger partial charge in [-0.3, -0.25) is 9.78 Å². The van der Waals surface area contributed by atoms with Crippen molar-refractivity contribution in [3.8, 4) is 0 Å². The highest BCUT2D eigenvalue weighted by molar-refractivity contribution is 5.87. The Morgan fingerprint density at radius 3 is 2.74 bits per heavy atom. The van der Waals surface area contributed by atoms with Crippen LogP contribution < -0.4 is 15.8 Å². The molecule has 11 heteroatoms. The first kappa shape index (κ1) is 18.5. The van der Waals surface area contributed by atoms with E-state index in [9.17, 15) is 25.2 Å². The molecule has 11 nitrogen and oxygen atoms in total. The van der Waals surface area contributed by atoms with Gasteiger partial charge in [0.1, 0.15) is 18.2 Å². The molecule has 1 aromatic heterocycles. The van der Waals surface area contributed by atoms with E-state index in [2.05, 4.69) is 15.0 Å². The maximum Gasteiger partial charge on any atom is 0.284 e. The molecule has 1 unspecified atom stereocenters. The predicted octanol–water partition coefficient (Wildman–Crippen LogP) is -1.92. The lowest BCUT2D eigenvalue weighted by Crippen LogP contribution is -2.66. The fourth-order valence-electron chi connectivity index (χ4n) is 4.49. The van der Waals surface area contributed by atoms with Gasteiger partial charge < -0.3 is 30.9 Å². The van der Waals surface area contributed by atoms with Crippen LogP contribution in [-0.2, 0) is 4.74 Å². The molecule has 1 saturated heterocycles. The summed E-state index contributed by atoms with van der Waals surface area (Å²) >= 11 is 0. The molecule has 0 radical (unpaired) electrons. The molecule has 3 aliphatic rings. The molecular formula is C16H24N5O6+. The summed E-state index contributed by atoms with van der Waals surface area (Å²) in [6, 6.07) is -0.295. The second-order valence-corrected chi connectivity index (χ2v) is 7.41. The lowest BCUT2D eigenvalue weighted by molar-refractivity contribution is -0.0863. The largest absolute Gasteiger partial charge is 0.394 e. The van der Waals surface area contributed by atoms with Crippen LogP contribution in [0.3, 0.4) is 0 Å². The van der Waals surface area contributed by atoms with Gasteiger partial charge in [-0.2, -0.15) is 9.98 Å². The third-order valence-electron chi connectivity index (χ3n) is 5.80. The van der Waals surface area contributed by atoms with Crippen LogP contribution in [0.5, 0.6) is 0 Å². The van der Waals surface area contributed by atoms with E-state index in [4.69, 9.17) is 10.5 Å². The number of fused-ring (bicyclic) bond motifs is 1. The number of aliphatic hydroxyl groups excluding tert-OH is 4. The molecule has 2 fully saturated rings.